The minimum absolute atomic E-state index is 0. The first-order valence-corrected chi connectivity index (χ1v) is 8.15. The van der Waals surface area contributed by atoms with Gasteiger partial charge in [-0.15, -0.1) is 24.8 Å². The molecule has 2 aromatic rings. The van der Waals surface area contributed by atoms with Crippen molar-refractivity contribution in [2.75, 3.05) is 26.2 Å². The summed E-state index contributed by atoms with van der Waals surface area (Å²) in [6.07, 6.45) is 7.87. The highest BCUT2D eigenvalue weighted by atomic mass is 35.5. The van der Waals surface area contributed by atoms with E-state index in [1.807, 2.05) is 39.9 Å². The lowest BCUT2D eigenvalue weighted by Gasteiger charge is -2.38. The maximum absolute atomic E-state index is 12.5. The van der Waals surface area contributed by atoms with Gasteiger partial charge in [0, 0.05) is 32.0 Å². The molecule has 2 aliphatic heterocycles. The fraction of sp³-hybridized carbons (Fsp3) is 0.529. The van der Waals surface area contributed by atoms with Gasteiger partial charge in [0.2, 0.25) is 5.91 Å². The number of fused-ring (bicyclic) bond motifs is 1. The van der Waals surface area contributed by atoms with Crippen molar-refractivity contribution >= 4 is 36.4 Å². The van der Waals surface area contributed by atoms with Crippen molar-refractivity contribution in [3.05, 3.63) is 36.3 Å². The predicted octanol–water partition coefficient (Wildman–Crippen LogP) is 2.32. The van der Waals surface area contributed by atoms with Gasteiger partial charge < -0.3 is 14.6 Å². The number of halogens is 2. The van der Waals surface area contributed by atoms with Gasteiger partial charge in [-0.3, -0.25) is 4.79 Å². The summed E-state index contributed by atoms with van der Waals surface area (Å²) in [7, 11) is 0. The molecule has 1 N–H and O–H groups in total. The maximum atomic E-state index is 12.5. The number of likely N-dealkylation sites (tertiary alicyclic amines) is 1. The van der Waals surface area contributed by atoms with Gasteiger partial charge in [0.05, 0.1) is 12.1 Å². The SMILES string of the molecule is Cl.Cl.O=C(Cc1cn2ccccc2n1)N1CCC2(CCNC2)CC1. The van der Waals surface area contributed by atoms with Crippen molar-refractivity contribution in [2.24, 2.45) is 5.41 Å². The van der Waals surface area contributed by atoms with Crippen LogP contribution in [0.5, 0.6) is 0 Å². The number of rotatable bonds is 2. The van der Waals surface area contributed by atoms with E-state index in [0.717, 1.165) is 50.4 Å². The van der Waals surface area contributed by atoms with Crippen LogP contribution in [0.15, 0.2) is 30.6 Å². The molecule has 0 aliphatic carbocycles. The van der Waals surface area contributed by atoms with Gasteiger partial charge in [0.25, 0.3) is 0 Å². The number of hydrogen-bond donors (Lipinski definition) is 1. The van der Waals surface area contributed by atoms with Crippen LogP contribution < -0.4 is 5.32 Å². The number of piperidine rings is 1. The second kappa shape index (κ2) is 7.72. The summed E-state index contributed by atoms with van der Waals surface area (Å²) >= 11 is 0. The lowest BCUT2D eigenvalue weighted by atomic mass is 9.78. The Labute approximate surface area is 154 Å². The molecule has 0 radical (unpaired) electrons. The average Bonchev–Trinajstić information content (AvgIpc) is 3.14. The van der Waals surface area contributed by atoms with Crippen LogP contribution >= 0.6 is 24.8 Å². The third kappa shape index (κ3) is 3.68. The Morgan fingerprint density at radius 2 is 2.00 bits per heavy atom. The molecule has 0 atom stereocenters. The van der Waals surface area contributed by atoms with Gasteiger partial charge in [0.15, 0.2) is 0 Å². The third-order valence-corrected chi connectivity index (χ3v) is 5.26. The van der Waals surface area contributed by atoms with Crippen LogP contribution in [0.3, 0.4) is 0 Å². The van der Waals surface area contributed by atoms with E-state index in [4.69, 9.17) is 0 Å². The Morgan fingerprint density at radius 3 is 2.67 bits per heavy atom. The zero-order valence-corrected chi connectivity index (χ0v) is 15.2. The van der Waals surface area contributed by atoms with Crippen molar-refractivity contribution in [2.45, 2.75) is 25.7 Å². The molecule has 7 heteroatoms. The first kappa shape index (κ1) is 19.0. The molecular weight excluding hydrogens is 347 g/mol. The number of imidazole rings is 1. The molecule has 24 heavy (non-hydrogen) atoms. The van der Waals surface area contributed by atoms with Crippen LogP contribution in [0, 0.1) is 5.41 Å². The van der Waals surface area contributed by atoms with E-state index in [9.17, 15) is 4.79 Å². The normalized spacial score (nSPS) is 19.1. The van der Waals surface area contributed by atoms with E-state index in [-0.39, 0.29) is 30.7 Å². The molecule has 1 spiro atoms. The molecule has 2 aromatic heterocycles. The van der Waals surface area contributed by atoms with E-state index in [2.05, 4.69) is 10.3 Å². The molecule has 0 unspecified atom stereocenters. The average molecular weight is 371 g/mol. The number of nitrogens with zero attached hydrogens (tertiary/aromatic N) is 3. The zero-order valence-electron chi connectivity index (χ0n) is 13.6. The lowest BCUT2D eigenvalue weighted by molar-refractivity contribution is -0.132. The highest BCUT2D eigenvalue weighted by molar-refractivity contribution is 5.85. The molecule has 2 aliphatic rings. The van der Waals surface area contributed by atoms with Crippen molar-refractivity contribution < 1.29 is 4.79 Å². The van der Waals surface area contributed by atoms with Crippen LogP contribution in [0.2, 0.25) is 0 Å². The molecule has 5 nitrogen and oxygen atoms in total. The molecule has 4 heterocycles. The van der Waals surface area contributed by atoms with Gasteiger partial charge in [-0.2, -0.15) is 0 Å². The van der Waals surface area contributed by atoms with E-state index >= 15 is 0 Å². The van der Waals surface area contributed by atoms with Crippen LogP contribution in [0.4, 0.5) is 0 Å². The number of pyridine rings is 1. The predicted molar refractivity (Wildman–Crippen MR) is 99.1 cm³/mol. The fourth-order valence-corrected chi connectivity index (χ4v) is 3.79. The first-order valence-electron chi connectivity index (χ1n) is 8.15. The van der Waals surface area contributed by atoms with Crippen molar-refractivity contribution in [3.8, 4) is 0 Å². The third-order valence-electron chi connectivity index (χ3n) is 5.26. The maximum Gasteiger partial charge on any atom is 0.228 e. The second-order valence-electron chi connectivity index (χ2n) is 6.68. The lowest BCUT2D eigenvalue weighted by Crippen LogP contribution is -2.44. The van der Waals surface area contributed by atoms with E-state index in [1.165, 1.54) is 6.42 Å². The molecule has 0 aromatic carbocycles. The van der Waals surface area contributed by atoms with E-state index < -0.39 is 0 Å². The summed E-state index contributed by atoms with van der Waals surface area (Å²) in [5, 5.41) is 3.47. The highest BCUT2D eigenvalue weighted by Gasteiger charge is 2.37. The first-order chi connectivity index (χ1) is 10.7. The summed E-state index contributed by atoms with van der Waals surface area (Å²) in [4.78, 5) is 19.1. The Morgan fingerprint density at radius 1 is 1.21 bits per heavy atom. The molecule has 2 fully saturated rings. The van der Waals surface area contributed by atoms with Gasteiger partial charge in [0.1, 0.15) is 5.65 Å². The van der Waals surface area contributed by atoms with Crippen molar-refractivity contribution in [1.29, 1.82) is 0 Å². The standard InChI is InChI=1S/C17H22N4O.2ClH/c22-16(11-14-12-21-8-2-1-3-15(21)19-14)20-9-5-17(6-10-20)4-7-18-13-17;;/h1-3,8,12,18H,4-7,9-11,13H2;2*1H. The molecule has 4 rings (SSSR count). The smallest absolute Gasteiger partial charge is 0.228 e. The number of aromatic nitrogens is 2. The molecule has 0 bridgehead atoms. The molecule has 2 saturated heterocycles. The van der Waals surface area contributed by atoms with E-state index in [0.29, 0.717) is 11.8 Å². The summed E-state index contributed by atoms with van der Waals surface area (Å²) in [5.41, 5.74) is 2.22. The largest absolute Gasteiger partial charge is 0.342 e. The quantitative estimate of drug-likeness (QED) is 0.882. The monoisotopic (exact) mass is 370 g/mol. The highest BCUT2D eigenvalue weighted by Crippen LogP contribution is 2.36. The second-order valence-corrected chi connectivity index (χ2v) is 6.68. The van der Waals surface area contributed by atoms with Gasteiger partial charge >= 0.3 is 0 Å². The Kier molecular flexibility index (Phi) is 6.12. The Balaban J connectivity index is 0.00000104. The van der Waals surface area contributed by atoms with Gasteiger partial charge in [-0.25, -0.2) is 4.98 Å². The fourth-order valence-electron chi connectivity index (χ4n) is 3.79. The molecule has 1 amide bonds. The zero-order chi connectivity index (χ0) is 15.0. The number of carbonyl (C=O) groups is 1. The van der Waals surface area contributed by atoms with Crippen LogP contribution in [0.1, 0.15) is 25.0 Å². The summed E-state index contributed by atoms with van der Waals surface area (Å²) < 4.78 is 1.97. The topological polar surface area (TPSA) is 49.6 Å². The van der Waals surface area contributed by atoms with Crippen molar-refractivity contribution in [3.63, 3.8) is 0 Å². The van der Waals surface area contributed by atoms with Gasteiger partial charge in [-0.05, 0) is 43.4 Å². The van der Waals surface area contributed by atoms with Crippen LogP contribution in [-0.4, -0.2) is 46.4 Å². The minimum Gasteiger partial charge on any atom is -0.342 e. The summed E-state index contributed by atoms with van der Waals surface area (Å²) in [5.74, 6) is 0.212. The molecule has 0 saturated carbocycles. The van der Waals surface area contributed by atoms with E-state index in [1.54, 1.807) is 0 Å². The van der Waals surface area contributed by atoms with Crippen LogP contribution in [0.25, 0.3) is 5.65 Å². The Hall–Kier alpha value is -1.30. The summed E-state index contributed by atoms with van der Waals surface area (Å²) in [6, 6.07) is 5.90. The molecular formula is C17H24Cl2N4O. The number of carbonyl (C=O) groups excluding carboxylic acids is 1. The number of amides is 1. The number of hydrogen-bond acceptors (Lipinski definition) is 3. The summed E-state index contributed by atoms with van der Waals surface area (Å²) in [6.45, 7) is 4.05. The minimum atomic E-state index is 0. The van der Waals surface area contributed by atoms with Gasteiger partial charge in [-0.1, -0.05) is 6.07 Å². The van der Waals surface area contributed by atoms with Crippen LogP contribution in [-0.2, 0) is 11.2 Å². The molecule has 132 valence electrons. The Bertz CT molecular complexity index is 654. The van der Waals surface area contributed by atoms with Crippen molar-refractivity contribution in [1.82, 2.24) is 19.6 Å². The number of nitrogens with one attached hydrogen (secondary N) is 1.